The minimum atomic E-state index is 0. The third-order valence-electron chi connectivity index (χ3n) is 4.36. The van der Waals surface area contributed by atoms with Gasteiger partial charge in [0.25, 0.3) is 0 Å². The molecule has 0 aliphatic carbocycles. The first-order valence-electron chi connectivity index (χ1n) is 8.38. The number of rotatable bonds is 10. The van der Waals surface area contributed by atoms with Crippen LogP contribution < -0.4 is 10.6 Å². The molecule has 134 valence electrons. The van der Waals surface area contributed by atoms with Gasteiger partial charge in [-0.2, -0.15) is 0 Å². The van der Waals surface area contributed by atoms with E-state index >= 15 is 0 Å². The number of halogens is 2. The number of carbonyl (C=O) groups excluding carboxylic acids is 1. The van der Waals surface area contributed by atoms with E-state index in [4.69, 9.17) is 0 Å². The van der Waals surface area contributed by atoms with E-state index in [2.05, 4.69) is 36.3 Å². The molecular formula is C16H35Cl2N3O. The van der Waals surface area contributed by atoms with Gasteiger partial charge in [0.2, 0.25) is 5.91 Å². The van der Waals surface area contributed by atoms with Crippen molar-refractivity contribution in [2.45, 2.75) is 58.9 Å². The van der Waals surface area contributed by atoms with Crippen LogP contribution in [-0.2, 0) is 4.79 Å². The molecule has 1 heterocycles. The minimum Gasteiger partial charge on any atom is -0.354 e. The molecule has 6 heteroatoms. The Morgan fingerprint density at radius 1 is 1.32 bits per heavy atom. The molecule has 1 amide bonds. The SMILES string of the molecule is CCN(CC)CCCC(C)NC(=O)CCC1CCNC1.Cl.Cl. The molecule has 2 unspecified atom stereocenters. The largest absolute Gasteiger partial charge is 0.354 e. The summed E-state index contributed by atoms with van der Waals surface area (Å²) in [7, 11) is 0. The summed E-state index contributed by atoms with van der Waals surface area (Å²) in [4.78, 5) is 14.3. The molecule has 0 aromatic carbocycles. The molecule has 1 saturated heterocycles. The maximum absolute atomic E-state index is 11.9. The van der Waals surface area contributed by atoms with Gasteiger partial charge < -0.3 is 15.5 Å². The van der Waals surface area contributed by atoms with Crippen molar-refractivity contribution < 1.29 is 4.79 Å². The van der Waals surface area contributed by atoms with Crippen molar-refractivity contribution in [3.05, 3.63) is 0 Å². The van der Waals surface area contributed by atoms with Gasteiger partial charge in [-0.3, -0.25) is 4.79 Å². The van der Waals surface area contributed by atoms with Crippen LogP contribution in [0.4, 0.5) is 0 Å². The molecule has 1 rings (SSSR count). The topological polar surface area (TPSA) is 44.4 Å². The fraction of sp³-hybridized carbons (Fsp3) is 0.938. The van der Waals surface area contributed by atoms with Gasteiger partial charge in [0.15, 0.2) is 0 Å². The van der Waals surface area contributed by atoms with Crippen LogP contribution in [0, 0.1) is 5.92 Å². The molecule has 1 aliphatic rings. The maximum atomic E-state index is 11.9. The molecule has 4 nitrogen and oxygen atoms in total. The average Bonchev–Trinajstić information content (AvgIpc) is 2.94. The van der Waals surface area contributed by atoms with E-state index in [0.717, 1.165) is 52.0 Å². The number of amides is 1. The van der Waals surface area contributed by atoms with Gasteiger partial charge in [0, 0.05) is 12.5 Å². The van der Waals surface area contributed by atoms with Crippen LogP contribution in [0.25, 0.3) is 0 Å². The Balaban J connectivity index is 0. The Labute approximate surface area is 149 Å². The molecule has 0 bridgehead atoms. The third-order valence-corrected chi connectivity index (χ3v) is 4.36. The Morgan fingerprint density at radius 3 is 2.55 bits per heavy atom. The lowest BCUT2D eigenvalue weighted by molar-refractivity contribution is -0.122. The van der Waals surface area contributed by atoms with E-state index in [1.54, 1.807) is 0 Å². The molecule has 0 saturated carbocycles. The molecule has 1 fully saturated rings. The van der Waals surface area contributed by atoms with Gasteiger partial charge in [0.05, 0.1) is 0 Å². The molecule has 0 aromatic heterocycles. The second kappa shape index (κ2) is 14.6. The van der Waals surface area contributed by atoms with E-state index < -0.39 is 0 Å². The zero-order valence-corrected chi connectivity index (χ0v) is 16.0. The Morgan fingerprint density at radius 2 is 2.00 bits per heavy atom. The van der Waals surface area contributed by atoms with E-state index in [1.165, 1.54) is 6.42 Å². The zero-order valence-electron chi connectivity index (χ0n) is 14.4. The van der Waals surface area contributed by atoms with Crippen molar-refractivity contribution >= 4 is 30.7 Å². The highest BCUT2D eigenvalue weighted by Crippen LogP contribution is 2.14. The van der Waals surface area contributed by atoms with Crippen molar-refractivity contribution in [3.8, 4) is 0 Å². The van der Waals surface area contributed by atoms with Gasteiger partial charge in [-0.25, -0.2) is 0 Å². The Kier molecular flexibility index (Phi) is 16.0. The van der Waals surface area contributed by atoms with Crippen LogP contribution in [0.3, 0.4) is 0 Å². The summed E-state index contributed by atoms with van der Waals surface area (Å²) in [5, 5.41) is 6.49. The van der Waals surface area contributed by atoms with Crippen LogP contribution in [0.15, 0.2) is 0 Å². The quantitative estimate of drug-likeness (QED) is 0.633. The lowest BCUT2D eigenvalue weighted by atomic mass is 10.0. The number of nitrogens with zero attached hydrogens (tertiary/aromatic N) is 1. The van der Waals surface area contributed by atoms with Crippen LogP contribution >= 0.6 is 24.8 Å². The van der Waals surface area contributed by atoms with Crippen molar-refractivity contribution in [2.24, 2.45) is 5.92 Å². The number of nitrogens with one attached hydrogen (secondary N) is 2. The lowest BCUT2D eigenvalue weighted by Crippen LogP contribution is -2.33. The molecule has 1 aliphatic heterocycles. The van der Waals surface area contributed by atoms with Gasteiger partial charge in [-0.15, -0.1) is 24.8 Å². The molecular weight excluding hydrogens is 321 g/mol. The average molecular weight is 356 g/mol. The summed E-state index contributed by atoms with van der Waals surface area (Å²) >= 11 is 0. The first kappa shape index (κ1) is 24.2. The van der Waals surface area contributed by atoms with E-state index in [1.807, 2.05) is 0 Å². The van der Waals surface area contributed by atoms with Gasteiger partial charge in [-0.1, -0.05) is 13.8 Å². The van der Waals surface area contributed by atoms with Gasteiger partial charge in [0.1, 0.15) is 0 Å². The van der Waals surface area contributed by atoms with E-state index in [-0.39, 0.29) is 30.7 Å². The summed E-state index contributed by atoms with van der Waals surface area (Å²) in [5.74, 6) is 0.936. The van der Waals surface area contributed by atoms with Crippen LogP contribution in [0.5, 0.6) is 0 Å². The molecule has 0 radical (unpaired) electrons. The first-order valence-corrected chi connectivity index (χ1v) is 8.38. The predicted molar refractivity (Wildman–Crippen MR) is 99.3 cm³/mol. The van der Waals surface area contributed by atoms with Crippen molar-refractivity contribution in [1.82, 2.24) is 15.5 Å². The normalized spacial score (nSPS) is 18.5. The number of carbonyl (C=O) groups is 1. The van der Waals surface area contributed by atoms with Gasteiger partial charge >= 0.3 is 0 Å². The minimum absolute atomic E-state index is 0. The number of hydrogen-bond donors (Lipinski definition) is 2. The molecule has 0 spiro atoms. The summed E-state index contributed by atoms with van der Waals surface area (Å²) in [5.41, 5.74) is 0. The van der Waals surface area contributed by atoms with Crippen LogP contribution in [-0.4, -0.2) is 49.6 Å². The highest BCUT2D eigenvalue weighted by Gasteiger charge is 2.16. The maximum Gasteiger partial charge on any atom is 0.220 e. The second-order valence-corrected chi connectivity index (χ2v) is 6.04. The number of hydrogen-bond acceptors (Lipinski definition) is 3. The zero-order chi connectivity index (χ0) is 14.8. The second-order valence-electron chi connectivity index (χ2n) is 6.04. The van der Waals surface area contributed by atoms with Gasteiger partial charge in [-0.05, 0) is 71.2 Å². The molecule has 22 heavy (non-hydrogen) atoms. The standard InChI is InChI=1S/C16H33N3O.2ClH/c1-4-19(5-2)12-6-7-14(3)18-16(20)9-8-15-10-11-17-13-15;;/h14-15,17H,4-13H2,1-3H3,(H,18,20);2*1H. The van der Waals surface area contributed by atoms with Crippen LogP contribution in [0.2, 0.25) is 0 Å². The predicted octanol–water partition coefficient (Wildman–Crippen LogP) is 2.85. The first-order chi connectivity index (χ1) is 9.65. The highest BCUT2D eigenvalue weighted by atomic mass is 35.5. The van der Waals surface area contributed by atoms with Crippen molar-refractivity contribution in [1.29, 1.82) is 0 Å². The molecule has 2 atom stereocenters. The smallest absolute Gasteiger partial charge is 0.220 e. The summed E-state index contributed by atoms with van der Waals surface area (Å²) in [6, 6.07) is 0.305. The van der Waals surface area contributed by atoms with E-state index in [9.17, 15) is 4.79 Å². The summed E-state index contributed by atoms with van der Waals surface area (Å²) in [6.07, 6.45) is 5.19. The highest BCUT2D eigenvalue weighted by molar-refractivity contribution is 5.85. The lowest BCUT2D eigenvalue weighted by Gasteiger charge is -2.20. The van der Waals surface area contributed by atoms with Crippen molar-refractivity contribution in [3.63, 3.8) is 0 Å². The summed E-state index contributed by atoms with van der Waals surface area (Å²) < 4.78 is 0. The summed E-state index contributed by atoms with van der Waals surface area (Å²) in [6.45, 7) is 12.1. The molecule has 0 aromatic rings. The Hall–Kier alpha value is -0.0300. The fourth-order valence-corrected chi connectivity index (χ4v) is 2.88. The van der Waals surface area contributed by atoms with Crippen molar-refractivity contribution in [2.75, 3.05) is 32.7 Å². The molecule has 2 N–H and O–H groups in total. The fourth-order valence-electron chi connectivity index (χ4n) is 2.88. The Bertz CT molecular complexity index is 270. The third kappa shape index (κ3) is 10.7. The monoisotopic (exact) mass is 355 g/mol. The van der Waals surface area contributed by atoms with E-state index in [0.29, 0.717) is 18.4 Å². The van der Waals surface area contributed by atoms with Crippen LogP contribution in [0.1, 0.15) is 52.9 Å².